The van der Waals surface area contributed by atoms with Crippen molar-refractivity contribution < 1.29 is 0 Å². The number of nitrogens with two attached hydrogens (primary N) is 1. The largest absolute Gasteiger partial charge is 0.330 e. The van der Waals surface area contributed by atoms with Gasteiger partial charge in [0, 0.05) is 16.5 Å². The van der Waals surface area contributed by atoms with E-state index < -0.39 is 0 Å². The minimum atomic E-state index is 0.619. The maximum absolute atomic E-state index is 5.49. The topological polar surface area (TPSA) is 51.8 Å². The van der Waals surface area contributed by atoms with Crippen molar-refractivity contribution in [3.05, 3.63) is 33.2 Å². The van der Waals surface area contributed by atoms with Crippen LogP contribution in [0.25, 0.3) is 10.6 Å². The highest BCUT2D eigenvalue weighted by atomic mass is 79.9. The van der Waals surface area contributed by atoms with Gasteiger partial charge < -0.3 is 5.73 Å². The van der Waals surface area contributed by atoms with E-state index >= 15 is 0 Å². The highest BCUT2D eigenvalue weighted by Gasteiger charge is 2.08. The van der Waals surface area contributed by atoms with E-state index in [0.29, 0.717) is 6.54 Å². The molecule has 0 bridgehead atoms. The highest BCUT2D eigenvalue weighted by Crippen LogP contribution is 2.28. The number of hydrogen-bond acceptors (Lipinski definition) is 4. The van der Waals surface area contributed by atoms with Gasteiger partial charge in [-0.05, 0) is 31.2 Å². The first-order valence-electron chi connectivity index (χ1n) is 4.99. The summed E-state index contributed by atoms with van der Waals surface area (Å²) < 4.78 is 1.08. The molecule has 0 unspecified atom stereocenters. The monoisotopic (exact) mass is 297 g/mol. The summed E-state index contributed by atoms with van der Waals surface area (Å²) in [5, 5.41) is 10.3. The van der Waals surface area contributed by atoms with E-state index in [1.54, 1.807) is 11.3 Å². The number of benzene rings is 1. The molecule has 1 aromatic heterocycles. The third-order valence-electron chi connectivity index (χ3n) is 2.24. The molecular weight excluding hydrogens is 286 g/mol. The van der Waals surface area contributed by atoms with Crippen molar-refractivity contribution in [1.29, 1.82) is 0 Å². The van der Waals surface area contributed by atoms with Crippen LogP contribution < -0.4 is 5.73 Å². The Morgan fingerprint density at radius 1 is 1.38 bits per heavy atom. The smallest absolute Gasteiger partial charge is 0.148 e. The summed E-state index contributed by atoms with van der Waals surface area (Å²) in [7, 11) is 0. The van der Waals surface area contributed by atoms with E-state index in [2.05, 4.69) is 45.2 Å². The van der Waals surface area contributed by atoms with Crippen LogP contribution in [-0.4, -0.2) is 16.7 Å². The maximum atomic E-state index is 5.49. The molecule has 0 spiro atoms. The van der Waals surface area contributed by atoms with Crippen molar-refractivity contribution >= 4 is 27.3 Å². The van der Waals surface area contributed by atoms with Crippen LogP contribution in [0, 0.1) is 6.92 Å². The van der Waals surface area contributed by atoms with Gasteiger partial charge in [-0.15, -0.1) is 10.2 Å². The first-order valence-corrected chi connectivity index (χ1v) is 6.60. The van der Waals surface area contributed by atoms with Crippen molar-refractivity contribution in [3.63, 3.8) is 0 Å². The fraction of sp³-hybridized carbons (Fsp3) is 0.273. The van der Waals surface area contributed by atoms with Crippen molar-refractivity contribution in [2.75, 3.05) is 6.54 Å². The standard InChI is InChI=1S/C11H12BrN3S/c1-7-6-8(12)2-3-9(7)11-15-14-10(16-11)4-5-13/h2-3,6H,4-5,13H2,1H3. The van der Waals surface area contributed by atoms with Crippen molar-refractivity contribution in [2.45, 2.75) is 13.3 Å². The van der Waals surface area contributed by atoms with Gasteiger partial charge in [-0.1, -0.05) is 33.3 Å². The van der Waals surface area contributed by atoms with Gasteiger partial charge >= 0.3 is 0 Å². The van der Waals surface area contributed by atoms with Crippen LogP contribution in [0.3, 0.4) is 0 Å². The second-order valence-electron chi connectivity index (χ2n) is 3.50. The van der Waals surface area contributed by atoms with E-state index in [4.69, 9.17) is 5.73 Å². The number of aryl methyl sites for hydroxylation is 1. The van der Waals surface area contributed by atoms with Crippen LogP contribution in [0.1, 0.15) is 10.6 Å². The predicted octanol–water partition coefficient (Wildman–Crippen LogP) is 2.78. The molecule has 3 nitrogen and oxygen atoms in total. The molecule has 2 rings (SSSR count). The lowest BCUT2D eigenvalue weighted by Crippen LogP contribution is -2.01. The van der Waals surface area contributed by atoms with E-state index in [9.17, 15) is 0 Å². The molecule has 0 saturated carbocycles. The first-order chi connectivity index (χ1) is 7.70. The quantitative estimate of drug-likeness (QED) is 0.948. The number of aromatic nitrogens is 2. The molecule has 1 heterocycles. The molecule has 84 valence electrons. The van der Waals surface area contributed by atoms with Crippen LogP contribution in [0.5, 0.6) is 0 Å². The van der Waals surface area contributed by atoms with Gasteiger partial charge in [0.25, 0.3) is 0 Å². The van der Waals surface area contributed by atoms with Gasteiger partial charge in [0.1, 0.15) is 10.0 Å². The Morgan fingerprint density at radius 3 is 2.88 bits per heavy atom. The van der Waals surface area contributed by atoms with Crippen LogP contribution in [0.4, 0.5) is 0 Å². The lowest BCUT2D eigenvalue weighted by Gasteiger charge is -2.01. The Labute approximate surface area is 107 Å². The van der Waals surface area contributed by atoms with Gasteiger partial charge in [0.05, 0.1) is 0 Å². The van der Waals surface area contributed by atoms with Crippen LogP contribution in [-0.2, 0) is 6.42 Å². The molecule has 1 aromatic carbocycles. The Morgan fingerprint density at radius 2 is 2.19 bits per heavy atom. The Kier molecular flexibility index (Phi) is 3.68. The van der Waals surface area contributed by atoms with Gasteiger partial charge in [0.2, 0.25) is 0 Å². The molecule has 2 aromatic rings. The Hall–Kier alpha value is -0.780. The summed E-state index contributed by atoms with van der Waals surface area (Å²) >= 11 is 5.06. The molecule has 0 fully saturated rings. The third kappa shape index (κ3) is 2.48. The minimum Gasteiger partial charge on any atom is -0.330 e. The zero-order chi connectivity index (χ0) is 11.5. The molecule has 0 aliphatic rings. The van der Waals surface area contributed by atoms with Crippen LogP contribution in [0.2, 0.25) is 0 Å². The van der Waals surface area contributed by atoms with Crippen molar-refractivity contribution in [2.24, 2.45) is 5.73 Å². The van der Waals surface area contributed by atoms with Crippen LogP contribution >= 0.6 is 27.3 Å². The minimum absolute atomic E-state index is 0.619. The maximum Gasteiger partial charge on any atom is 0.148 e. The highest BCUT2D eigenvalue weighted by molar-refractivity contribution is 9.10. The molecule has 16 heavy (non-hydrogen) atoms. The number of nitrogens with zero attached hydrogens (tertiary/aromatic N) is 2. The van der Waals surface area contributed by atoms with E-state index in [0.717, 1.165) is 26.5 Å². The molecular formula is C11H12BrN3S. The number of rotatable bonds is 3. The lowest BCUT2D eigenvalue weighted by molar-refractivity contribution is 0.913. The third-order valence-corrected chi connectivity index (χ3v) is 3.75. The molecule has 0 atom stereocenters. The molecule has 0 amide bonds. The van der Waals surface area contributed by atoms with Gasteiger partial charge in [-0.2, -0.15) is 0 Å². The first kappa shape index (κ1) is 11.7. The van der Waals surface area contributed by atoms with E-state index in [1.165, 1.54) is 5.56 Å². The van der Waals surface area contributed by atoms with Crippen molar-refractivity contribution in [1.82, 2.24) is 10.2 Å². The zero-order valence-corrected chi connectivity index (χ0v) is 11.3. The fourth-order valence-electron chi connectivity index (χ4n) is 1.45. The second kappa shape index (κ2) is 5.03. The van der Waals surface area contributed by atoms with E-state index in [1.807, 2.05) is 6.07 Å². The van der Waals surface area contributed by atoms with Crippen LogP contribution in [0.15, 0.2) is 22.7 Å². The van der Waals surface area contributed by atoms with Gasteiger partial charge in [0.15, 0.2) is 0 Å². The second-order valence-corrected chi connectivity index (χ2v) is 5.48. The molecule has 0 aliphatic heterocycles. The Balaban J connectivity index is 2.35. The number of hydrogen-bond donors (Lipinski definition) is 1. The summed E-state index contributed by atoms with van der Waals surface area (Å²) in [5.74, 6) is 0. The lowest BCUT2D eigenvalue weighted by atomic mass is 10.1. The van der Waals surface area contributed by atoms with Gasteiger partial charge in [-0.25, -0.2) is 0 Å². The summed E-state index contributed by atoms with van der Waals surface area (Å²) in [6.45, 7) is 2.69. The summed E-state index contributed by atoms with van der Waals surface area (Å²) in [5.41, 5.74) is 7.83. The number of halogens is 1. The van der Waals surface area contributed by atoms with E-state index in [-0.39, 0.29) is 0 Å². The average Bonchev–Trinajstić information content (AvgIpc) is 2.67. The fourth-order valence-corrected chi connectivity index (χ4v) is 2.87. The molecule has 0 saturated heterocycles. The molecule has 2 N–H and O–H groups in total. The zero-order valence-electron chi connectivity index (χ0n) is 8.90. The normalized spacial score (nSPS) is 10.7. The van der Waals surface area contributed by atoms with Crippen molar-refractivity contribution in [3.8, 4) is 10.6 Å². The predicted molar refractivity (Wildman–Crippen MR) is 70.5 cm³/mol. The SMILES string of the molecule is Cc1cc(Br)ccc1-c1nnc(CCN)s1. The summed E-state index contributed by atoms with van der Waals surface area (Å²) in [4.78, 5) is 0. The summed E-state index contributed by atoms with van der Waals surface area (Å²) in [6.07, 6.45) is 0.799. The Bertz CT molecular complexity index is 496. The summed E-state index contributed by atoms with van der Waals surface area (Å²) in [6, 6.07) is 6.16. The van der Waals surface area contributed by atoms with Gasteiger partial charge in [-0.3, -0.25) is 0 Å². The molecule has 0 aliphatic carbocycles. The molecule has 0 radical (unpaired) electrons. The molecule has 5 heteroatoms. The average molecular weight is 298 g/mol.